The highest BCUT2D eigenvalue weighted by atomic mass is 79.9. The van der Waals surface area contributed by atoms with Gasteiger partial charge >= 0.3 is 0 Å². The molecule has 1 nitrogen and oxygen atoms in total. The van der Waals surface area contributed by atoms with Gasteiger partial charge in [0.1, 0.15) is 18.2 Å². The van der Waals surface area contributed by atoms with Gasteiger partial charge in [0, 0.05) is 21.7 Å². The molecule has 0 spiro atoms. The summed E-state index contributed by atoms with van der Waals surface area (Å²) in [6.45, 7) is 0.261. The molecule has 0 fully saturated rings. The summed E-state index contributed by atoms with van der Waals surface area (Å²) < 4.78 is 19.1. The van der Waals surface area contributed by atoms with Crippen LogP contribution in [0, 0.1) is 5.82 Å². The van der Waals surface area contributed by atoms with E-state index in [1.807, 2.05) is 0 Å². The van der Waals surface area contributed by atoms with Crippen molar-refractivity contribution in [3.8, 4) is 5.75 Å². The van der Waals surface area contributed by atoms with Crippen molar-refractivity contribution in [2.45, 2.75) is 6.61 Å². The third-order valence-electron chi connectivity index (χ3n) is 2.30. The second-order valence-corrected chi connectivity index (χ2v) is 5.30. The molecule has 0 unspecified atom stereocenters. The summed E-state index contributed by atoms with van der Waals surface area (Å²) in [7, 11) is 0. The van der Waals surface area contributed by atoms with Crippen molar-refractivity contribution in [2.75, 3.05) is 0 Å². The smallest absolute Gasteiger partial charge is 0.141 e. The van der Waals surface area contributed by atoms with Crippen molar-refractivity contribution in [3.05, 3.63) is 62.3 Å². The minimum atomic E-state index is -0.366. The van der Waals surface area contributed by atoms with Gasteiger partial charge in [0.25, 0.3) is 0 Å². The molecule has 2 aromatic rings. The van der Waals surface area contributed by atoms with Crippen molar-refractivity contribution in [1.29, 1.82) is 0 Å². The van der Waals surface area contributed by atoms with Gasteiger partial charge in [0.2, 0.25) is 0 Å². The fourth-order valence-corrected chi connectivity index (χ4v) is 2.08. The van der Waals surface area contributed by atoms with Crippen LogP contribution in [-0.2, 0) is 6.61 Å². The van der Waals surface area contributed by atoms with Crippen molar-refractivity contribution in [1.82, 2.24) is 0 Å². The summed E-state index contributed by atoms with van der Waals surface area (Å²) in [6.07, 6.45) is 0. The van der Waals surface area contributed by atoms with E-state index in [0.717, 1.165) is 5.56 Å². The van der Waals surface area contributed by atoms with Gasteiger partial charge in [0.05, 0.1) is 4.47 Å². The molecule has 2 aromatic carbocycles. The lowest BCUT2D eigenvalue weighted by molar-refractivity contribution is 0.304. The van der Waals surface area contributed by atoms with Crippen molar-refractivity contribution >= 4 is 39.1 Å². The van der Waals surface area contributed by atoms with Crippen LogP contribution in [0.3, 0.4) is 0 Å². The number of halogens is 4. The first kappa shape index (κ1) is 13.7. The maximum atomic E-state index is 13.3. The molecule has 0 atom stereocenters. The van der Waals surface area contributed by atoms with Crippen LogP contribution >= 0.6 is 39.1 Å². The normalized spacial score (nSPS) is 10.4. The summed E-state index contributed by atoms with van der Waals surface area (Å²) in [6, 6.07) is 9.73. The van der Waals surface area contributed by atoms with Crippen LogP contribution < -0.4 is 4.74 Å². The second-order valence-electron chi connectivity index (χ2n) is 3.60. The zero-order valence-electron chi connectivity index (χ0n) is 9.09. The Bertz CT molecular complexity index is 575. The van der Waals surface area contributed by atoms with Gasteiger partial charge in [-0.3, -0.25) is 0 Å². The predicted octanol–water partition coefficient (Wildman–Crippen LogP) is 5.47. The molecule has 0 radical (unpaired) electrons. The molecule has 2 rings (SSSR count). The number of benzene rings is 2. The third kappa shape index (κ3) is 3.37. The molecular formula is C13H8BrCl2FO. The average molecular weight is 350 g/mol. The lowest BCUT2D eigenvalue weighted by atomic mass is 10.2. The van der Waals surface area contributed by atoms with Crippen LogP contribution in [-0.4, -0.2) is 0 Å². The highest BCUT2D eigenvalue weighted by Crippen LogP contribution is 2.24. The molecule has 0 aromatic heterocycles. The molecule has 0 aliphatic rings. The number of rotatable bonds is 3. The van der Waals surface area contributed by atoms with Crippen LogP contribution in [0.2, 0.25) is 10.0 Å². The minimum Gasteiger partial charge on any atom is -0.489 e. The molecule has 0 bridgehead atoms. The van der Waals surface area contributed by atoms with Crippen LogP contribution in [0.1, 0.15) is 5.56 Å². The van der Waals surface area contributed by atoms with Crippen LogP contribution in [0.25, 0.3) is 0 Å². The molecule has 0 saturated carbocycles. The SMILES string of the molecule is Fc1cc(OCc2ccc(Cl)cc2Cl)ccc1Br. The Labute approximate surface area is 123 Å². The van der Waals surface area contributed by atoms with Gasteiger partial charge in [-0.25, -0.2) is 4.39 Å². The largest absolute Gasteiger partial charge is 0.489 e. The summed E-state index contributed by atoms with van der Waals surface area (Å²) in [5, 5.41) is 1.10. The van der Waals surface area contributed by atoms with E-state index < -0.39 is 0 Å². The lowest BCUT2D eigenvalue weighted by Gasteiger charge is -2.08. The predicted molar refractivity (Wildman–Crippen MR) is 74.9 cm³/mol. The summed E-state index contributed by atoms with van der Waals surface area (Å²) >= 11 is 14.9. The fraction of sp³-hybridized carbons (Fsp3) is 0.0769. The Morgan fingerprint density at radius 1 is 1.11 bits per heavy atom. The Balaban J connectivity index is 2.09. The number of hydrogen-bond donors (Lipinski definition) is 0. The zero-order chi connectivity index (χ0) is 13.1. The van der Waals surface area contributed by atoms with E-state index in [0.29, 0.717) is 20.3 Å². The highest BCUT2D eigenvalue weighted by molar-refractivity contribution is 9.10. The molecule has 0 aliphatic carbocycles. The minimum absolute atomic E-state index is 0.261. The summed E-state index contributed by atoms with van der Waals surface area (Å²) in [5.41, 5.74) is 0.796. The molecule has 0 amide bonds. The molecule has 18 heavy (non-hydrogen) atoms. The summed E-state index contributed by atoms with van der Waals surface area (Å²) in [5.74, 6) is 0.0800. The quantitative estimate of drug-likeness (QED) is 0.713. The second kappa shape index (κ2) is 5.91. The third-order valence-corrected chi connectivity index (χ3v) is 3.53. The van der Waals surface area contributed by atoms with E-state index in [-0.39, 0.29) is 12.4 Å². The molecular weight excluding hydrogens is 342 g/mol. The maximum Gasteiger partial charge on any atom is 0.141 e. The van der Waals surface area contributed by atoms with E-state index in [1.54, 1.807) is 30.3 Å². The van der Waals surface area contributed by atoms with Gasteiger partial charge in [-0.05, 0) is 40.2 Å². The Morgan fingerprint density at radius 3 is 2.56 bits per heavy atom. The van der Waals surface area contributed by atoms with E-state index in [9.17, 15) is 4.39 Å². The molecule has 0 aliphatic heterocycles. The summed E-state index contributed by atoms with van der Waals surface area (Å²) in [4.78, 5) is 0. The van der Waals surface area contributed by atoms with Gasteiger partial charge in [-0.2, -0.15) is 0 Å². The number of hydrogen-bond acceptors (Lipinski definition) is 1. The first-order chi connectivity index (χ1) is 8.56. The van der Waals surface area contributed by atoms with E-state index in [1.165, 1.54) is 6.07 Å². The fourth-order valence-electron chi connectivity index (χ4n) is 1.37. The molecule has 0 heterocycles. The van der Waals surface area contributed by atoms with Crippen LogP contribution in [0.4, 0.5) is 4.39 Å². The standard InChI is InChI=1S/C13H8BrCl2FO/c14-11-4-3-10(6-13(11)17)18-7-8-1-2-9(15)5-12(8)16/h1-6H,7H2. The van der Waals surface area contributed by atoms with Crippen molar-refractivity contribution in [3.63, 3.8) is 0 Å². The zero-order valence-corrected chi connectivity index (χ0v) is 12.2. The molecule has 0 N–H and O–H groups in total. The first-order valence-corrected chi connectivity index (χ1v) is 6.63. The van der Waals surface area contributed by atoms with Gasteiger partial charge in [0.15, 0.2) is 0 Å². The van der Waals surface area contributed by atoms with Crippen molar-refractivity contribution in [2.24, 2.45) is 0 Å². The van der Waals surface area contributed by atoms with Crippen molar-refractivity contribution < 1.29 is 9.13 Å². The first-order valence-electron chi connectivity index (χ1n) is 5.08. The lowest BCUT2D eigenvalue weighted by Crippen LogP contribution is -1.96. The van der Waals surface area contributed by atoms with Crippen LogP contribution in [0.15, 0.2) is 40.9 Å². The van der Waals surface area contributed by atoms with E-state index in [2.05, 4.69) is 15.9 Å². The van der Waals surface area contributed by atoms with Gasteiger partial charge in [-0.15, -0.1) is 0 Å². The molecule has 5 heteroatoms. The highest BCUT2D eigenvalue weighted by Gasteiger charge is 2.04. The Morgan fingerprint density at radius 2 is 1.89 bits per heavy atom. The van der Waals surface area contributed by atoms with E-state index >= 15 is 0 Å². The van der Waals surface area contributed by atoms with Gasteiger partial charge < -0.3 is 4.74 Å². The van der Waals surface area contributed by atoms with Gasteiger partial charge in [-0.1, -0.05) is 29.3 Å². The molecule has 94 valence electrons. The Kier molecular flexibility index (Phi) is 4.49. The topological polar surface area (TPSA) is 9.23 Å². The maximum absolute atomic E-state index is 13.3. The van der Waals surface area contributed by atoms with E-state index in [4.69, 9.17) is 27.9 Å². The van der Waals surface area contributed by atoms with Crippen LogP contribution in [0.5, 0.6) is 5.75 Å². The monoisotopic (exact) mass is 348 g/mol. The average Bonchev–Trinajstić information content (AvgIpc) is 2.32. The molecule has 0 saturated heterocycles. The Hall–Kier alpha value is -0.770. The number of ether oxygens (including phenoxy) is 1.